The van der Waals surface area contributed by atoms with Gasteiger partial charge in [0.2, 0.25) is 0 Å². The average Bonchev–Trinajstić information content (AvgIpc) is 3.11. The molecule has 1 fully saturated rings. The van der Waals surface area contributed by atoms with E-state index in [0.717, 1.165) is 18.5 Å². The SMILES string of the molecule is O=c1c(Br)c(C2CC2)[nH]n1-c1ccc(Cl)nn1. The third-order valence-corrected chi connectivity index (χ3v) is 3.66. The largest absolute Gasteiger partial charge is 0.292 e. The zero-order valence-electron chi connectivity index (χ0n) is 8.65. The van der Waals surface area contributed by atoms with E-state index in [1.54, 1.807) is 12.1 Å². The zero-order chi connectivity index (χ0) is 12.0. The fourth-order valence-electron chi connectivity index (χ4n) is 1.67. The van der Waals surface area contributed by atoms with Crippen LogP contribution in [0.15, 0.2) is 21.4 Å². The normalized spacial score (nSPS) is 15.2. The highest BCUT2D eigenvalue weighted by molar-refractivity contribution is 9.10. The second-order valence-corrected chi connectivity index (χ2v) is 5.15. The van der Waals surface area contributed by atoms with Crippen LogP contribution in [0.5, 0.6) is 0 Å². The van der Waals surface area contributed by atoms with Gasteiger partial charge in [-0.1, -0.05) is 11.6 Å². The summed E-state index contributed by atoms with van der Waals surface area (Å²) in [5.41, 5.74) is 0.787. The van der Waals surface area contributed by atoms with Crippen LogP contribution in [0.3, 0.4) is 0 Å². The molecule has 1 aliphatic carbocycles. The van der Waals surface area contributed by atoms with Gasteiger partial charge in [0.05, 0.1) is 5.69 Å². The maximum absolute atomic E-state index is 12.0. The molecule has 0 bridgehead atoms. The quantitative estimate of drug-likeness (QED) is 0.924. The second-order valence-electron chi connectivity index (χ2n) is 3.97. The first-order valence-electron chi connectivity index (χ1n) is 5.17. The molecule has 2 aromatic heterocycles. The monoisotopic (exact) mass is 314 g/mol. The molecule has 0 aromatic carbocycles. The van der Waals surface area contributed by atoms with E-state index < -0.39 is 0 Å². The summed E-state index contributed by atoms with van der Waals surface area (Å²) in [7, 11) is 0. The van der Waals surface area contributed by atoms with Crippen LogP contribution < -0.4 is 5.56 Å². The highest BCUT2D eigenvalue weighted by Gasteiger charge is 2.29. The van der Waals surface area contributed by atoms with E-state index in [-0.39, 0.29) is 5.56 Å². The topological polar surface area (TPSA) is 63.6 Å². The fourth-order valence-corrected chi connectivity index (χ4v) is 2.36. The predicted octanol–water partition coefficient (Wildman–Crippen LogP) is 2.25. The fraction of sp³-hybridized carbons (Fsp3) is 0.300. The van der Waals surface area contributed by atoms with E-state index in [0.29, 0.717) is 21.4 Å². The summed E-state index contributed by atoms with van der Waals surface area (Å²) < 4.78 is 1.96. The van der Waals surface area contributed by atoms with Gasteiger partial charge in [-0.3, -0.25) is 9.89 Å². The molecule has 3 rings (SSSR count). The van der Waals surface area contributed by atoms with Crippen molar-refractivity contribution in [1.29, 1.82) is 0 Å². The summed E-state index contributed by atoms with van der Waals surface area (Å²) >= 11 is 8.97. The zero-order valence-corrected chi connectivity index (χ0v) is 11.0. The molecule has 0 atom stereocenters. The van der Waals surface area contributed by atoms with Crippen LogP contribution in [-0.2, 0) is 0 Å². The summed E-state index contributed by atoms with van der Waals surface area (Å²) in [6, 6.07) is 3.25. The maximum Gasteiger partial charge on any atom is 0.287 e. The van der Waals surface area contributed by atoms with Crippen LogP contribution in [-0.4, -0.2) is 20.0 Å². The lowest BCUT2D eigenvalue weighted by molar-refractivity contribution is 0.771. The standard InChI is InChI=1S/C10H8BrClN4O/c11-8-9(5-1-2-5)15-16(10(8)17)7-4-3-6(12)13-14-7/h3-5,15H,1-2H2. The van der Waals surface area contributed by atoms with E-state index in [2.05, 4.69) is 31.2 Å². The average molecular weight is 316 g/mol. The number of hydrogen-bond acceptors (Lipinski definition) is 3. The van der Waals surface area contributed by atoms with Gasteiger partial charge in [0, 0.05) is 5.92 Å². The molecule has 7 heteroatoms. The molecule has 0 aliphatic heterocycles. The van der Waals surface area contributed by atoms with E-state index in [4.69, 9.17) is 11.6 Å². The van der Waals surface area contributed by atoms with E-state index >= 15 is 0 Å². The van der Waals surface area contributed by atoms with Gasteiger partial charge in [0.15, 0.2) is 11.0 Å². The minimum absolute atomic E-state index is 0.150. The van der Waals surface area contributed by atoms with E-state index in [9.17, 15) is 4.79 Å². The molecule has 1 aliphatic rings. The number of nitrogens with one attached hydrogen (secondary N) is 1. The summed E-state index contributed by atoms with van der Waals surface area (Å²) in [6.07, 6.45) is 2.23. The van der Waals surface area contributed by atoms with Crippen molar-refractivity contribution in [1.82, 2.24) is 20.0 Å². The first kappa shape index (κ1) is 11.0. The van der Waals surface area contributed by atoms with Crippen LogP contribution in [0.2, 0.25) is 5.15 Å². The van der Waals surface area contributed by atoms with Crippen molar-refractivity contribution in [2.24, 2.45) is 0 Å². The number of H-pyrrole nitrogens is 1. The highest BCUT2D eigenvalue weighted by Crippen LogP contribution is 2.41. The molecule has 17 heavy (non-hydrogen) atoms. The number of rotatable bonds is 2. The Morgan fingerprint density at radius 1 is 1.41 bits per heavy atom. The number of aromatic nitrogens is 4. The van der Waals surface area contributed by atoms with Gasteiger partial charge in [-0.25, -0.2) is 0 Å². The molecule has 0 unspecified atom stereocenters. The van der Waals surface area contributed by atoms with Crippen molar-refractivity contribution in [2.45, 2.75) is 18.8 Å². The van der Waals surface area contributed by atoms with Gasteiger partial charge in [-0.05, 0) is 40.9 Å². The van der Waals surface area contributed by atoms with Crippen LogP contribution >= 0.6 is 27.5 Å². The molecule has 0 spiro atoms. The Morgan fingerprint density at radius 3 is 2.76 bits per heavy atom. The lowest BCUT2D eigenvalue weighted by atomic mass is 10.3. The van der Waals surface area contributed by atoms with Crippen molar-refractivity contribution in [3.63, 3.8) is 0 Å². The van der Waals surface area contributed by atoms with Crippen molar-refractivity contribution in [3.8, 4) is 5.82 Å². The smallest absolute Gasteiger partial charge is 0.287 e. The highest BCUT2D eigenvalue weighted by atomic mass is 79.9. The van der Waals surface area contributed by atoms with Gasteiger partial charge in [0.25, 0.3) is 5.56 Å². The van der Waals surface area contributed by atoms with Crippen LogP contribution in [0.25, 0.3) is 5.82 Å². The maximum atomic E-state index is 12.0. The Balaban J connectivity index is 2.11. The molecule has 0 amide bonds. The predicted molar refractivity (Wildman–Crippen MR) is 66.7 cm³/mol. The van der Waals surface area contributed by atoms with Gasteiger partial charge < -0.3 is 0 Å². The van der Waals surface area contributed by atoms with Crippen LogP contribution in [0.4, 0.5) is 0 Å². The van der Waals surface area contributed by atoms with Crippen molar-refractivity contribution in [2.75, 3.05) is 0 Å². The first-order chi connectivity index (χ1) is 8.16. The number of nitrogens with zero attached hydrogens (tertiary/aromatic N) is 3. The summed E-state index contributed by atoms with van der Waals surface area (Å²) in [5, 5.41) is 10.9. The third kappa shape index (κ3) is 1.91. The molecule has 0 saturated heterocycles. The lowest BCUT2D eigenvalue weighted by Crippen LogP contribution is -2.16. The number of aromatic amines is 1. The Hall–Kier alpha value is -1.14. The number of hydrogen-bond donors (Lipinski definition) is 1. The molecule has 5 nitrogen and oxygen atoms in total. The molecule has 88 valence electrons. The van der Waals surface area contributed by atoms with Crippen LogP contribution in [0, 0.1) is 0 Å². The van der Waals surface area contributed by atoms with Gasteiger partial charge in [-0.15, -0.1) is 10.2 Å². The minimum atomic E-state index is -0.150. The van der Waals surface area contributed by atoms with Crippen LogP contribution in [0.1, 0.15) is 24.5 Å². The third-order valence-electron chi connectivity index (χ3n) is 2.69. The second kappa shape index (κ2) is 3.96. The van der Waals surface area contributed by atoms with Crippen molar-refractivity contribution >= 4 is 27.5 Å². The lowest BCUT2D eigenvalue weighted by Gasteiger charge is -1.99. The first-order valence-corrected chi connectivity index (χ1v) is 6.34. The Labute approximate surface area is 110 Å². The van der Waals surface area contributed by atoms with E-state index in [1.807, 2.05) is 0 Å². The summed E-state index contributed by atoms with van der Waals surface area (Å²) in [5.74, 6) is 0.894. The Bertz CT molecular complexity index is 614. The summed E-state index contributed by atoms with van der Waals surface area (Å²) in [4.78, 5) is 12.0. The molecule has 2 aromatic rings. The molecular formula is C10H8BrClN4O. The van der Waals surface area contributed by atoms with Gasteiger partial charge in [-0.2, -0.15) is 4.68 Å². The molecule has 1 N–H and O–H groups in total. The molecule has 1 saturated carbocycles. The number of halogens is 2. The molecule has 0 radical (unpaired) electrons. The van der Waals surface area contributed by atoms with Crippen molar-refractivity contribution in [3.05, 3.63) is 37.8 Å². The summed E-state index contributed by atoms with van der Waals surface area (Å²) in [6.45, 7) is 0. The van der Waals surface area contributed by atoms with Gasteiger partial charge >= 0.3 is 0 Å². The van der Waals surface area contributed by atoms with Gasteiger partial charge in [0.1, 0.15) is 4.47 Å². The van der Waals surface area contributed by atoms with E-state index in [1.165, 1.54) is 4.68 Å². The molecular weight excluding hydrogens is 307 g/mol. The Kier molecular flexibility index (Phi) is 2.56. The van der Waals surface area contributed by atoms with Crippen molar-refractivity contribution < 1.29 is 0 Å². The minimum Gasteiger partial charge on any atom is -0.292 e. The Morgan fingerprint density at radius 2 is 2.18 bits per heavy atom. The molecule has 2 heterocycles.